The van der Waals surface area contributed by atoms with E-state index in [0.717, 1.165) is 24.3 Å². The van der Waals surface area contributed by atoms with Crippen molar-refractivity contribution in [2.45, 2.75) is 10.9 Å². The molecule has 168 valence electrons. The number of carbonyl (C=O) groups excluding carboxylic acids is 3. The molecule has 0 saturated heterocycles. The fourth-order valence-electron chi connectivity index (χ4n) is 3.54. The quantitative estimate of drug-likeness (QED) is 0.456. The van der Waals surface area contributed by atoms with Gasteiger partial charge in [-0.1, -0.05) is 24.3 Å². The molecule has 0 fully saturated rings. The van der Waals surface area contributed by atoms with Crippen molar-refractivity contribution in [3.05, 3.63) is 95.6 Å². The number of rotatable bonds is 5. The van der Waals surface area contributed by atoms with Gasteiger partial charge in [0.05, 0.1) is 11.4 Å². The molecule has 7 nitrogen and oxygen atoms in total. The van der Waals surface area contributed by atoms with Crippen molar-refractivity contribution >= 4 is 33.2 Å². The van der Waals surface area contributed by atoms with Crippen LogP contribution in [-0.4, -0.2) is 42.8 Å². The molecule has 1 aliphatic heterocycles. The Balaban J connectivity index is 1.74. The molecule has 0 spiro atoms. The standard InChI is InChI=1S/C23H16F2N2O5S/c24-15-8-10-17(11-9-15)26-20(28)13-27-21(22(29)14-4-3-5-16(25)12-14)23(30)18-6-1-2-7-19(18)33(27,31)32/h1-12,21H,13H2,(H,26,28). The van der Waals surface area contributed by atoms with Gasteiger partial charge in [0.2, 0.25) is 15.9 Å². The van der Waals surface area contributed by atoms with E-state index in [-0.39, 0.29) is 21.7 Å². The van der Waals surface area contributed by atoms with Crippen molar-refractivity contribution in [3.63, 3.8) is 0 Å². The van der Waals surface area contributed by atoms with Crippen molar-refractivity contribution < 1.29 is 31.6 Å². The Bertz CT molecular complexity index is 1370. The average Bonchev–Trinajstić information content (AvgIpc) is 2.79. The van der Waals surface area contributed by atoms with Gasteiger partial charge in [-0.05, 0) is 48.5 Å². The topological polar surface area (TPSA) is 101 Å². The first-order chi connectivity index (χ1) is 15.7. The van der Waals surface area contributed by atoms with Crippen LogP contribution in [0.5, 0.6) is 0 Å². The maximum absolute atomic E-state index is 13.7. The fourth-order valence-corrected chi connectivity index (χ4v) is 5.25. The lowest BCUT2D eigenvalue weighted by molar-refractivity contribution is -0.116. The molecule has 10 heteroatoms. The van der Waals surface area contributed by atoms with Crippen LogP contribution < -0.4 is 5.32 Å². The fraction of sp³-hybridized carbons (Fsp3) is 0.0870. The molecule has 0 aliphatic carbocycles. The number of ketones is 2. The molecule has 3 aromatic rings. The van der Waals surface area contributed by atoms with Gasteiger partial charge in [-0.25, -0.2) is 17.2 Å². The second-order valence-electron chi connectivity index (χ2n) is 7.24. The van der Waals surface area contributed by atoms with Gasteiger partial charge in [-0.3, -0.25) is 14.4 Å². The lowest BCUT2D eigenvalue weighted by Gasteiger charge is -2.33. The lowest BCUT2D eigenvalue weighted by Crippen LogP contribution is -2.55. The molecule has 0 bridgehead atoms. The van der Waals surface area contributed by atoms with Crippen molar-refractivity contribution in [2.24, 2.45) is 0 Å². The van der Waals surface area contributed by atoms with Crippen molar-refractivity contribution in [2.75, 3.05) is 11.9 Å². The third-order valence-corrected chi connectivity index (χ3v) is 6.93. The second kappa shape index (κ2) is 8.64. The zero-order valence-corrected chi connectivity index (χ0v) is 17.7. The summed E-state index contributed by atoms with van der Waals surface area (Å²) in [7, 11) is -4.45. The Hall–Kier alpha value is -3.76. The van der Waals surface area contributed by atoms with Gasteiger partial charge in [0.25, 0.3) is 0 Å². The van der Waals surface area contributed by atoms with Crippen LogP contribution >= 0.6 is 0 Å². The summed E-state index contributed by atoms with van der Waals surface area (Å²) in [6, 6.07) is 12.7. The number of Topliss-reactive ketones (excluding diaryl/α,β-unsaturated/α-hetero) is 2. The van der Waals surface area contributed by atoms with E-state index in [2.05, 4.69) is 5.32 Å². The van der Waals surface area contributed by atoms with E-state index >= 15 is 0 Å². The zero-order valence-electron chi connectivity index (χ0n) is 16.9. The summed E-state index contributed by atoms with van der Waals surface area (Å²) in [6.07, 6.45) is 0. The second-order valence-corrected chi connectivity index (χ2v) is 9.10. The smallest absolute Gasteiger partial charge is 0.245 e. The number of sulfonamides is 1. The van der Waals surface area contributed by atoms with Gasteiger partial charge >= 0.3 is 0 Å². The minimum Gasteiger partial charge on any atom is -0.325 e. The molecule has 1 heterocycles. The minimum absolute atomic E-state index is 0.190. The molecule has 0 aromatic heterocycles. The maximum Gasteiger partial charge on any atom is 0.245 e. The van der Waals surface area contributed by atoms with Gasteiger partial charge in [0, 0.05) is 16.8 Å². The van der Waals surface area contributed by atoms with Crippen LogP contribution in [0.4, 0.5) is 14.5 Å². The van der Waals surface area contributed by atoms with Gasteiger partial charge in [-0.15, -0.1) is 0 Å². The summed E-state index contributed by atoms with van der Waals surface area (Å²) in [4.78, 5) is 38.7. The number of nitrogens with zero attached hydrogens (tertiary/aromatic N) is 1. The highest BCUT2D eigenvalue weighted by molar-refractivity contribution is 7.89. The summed E-state index contributed by atoms with van der Waals surface area (Å²) in [5.74, 6) is -3.92. The highest BCUT2D eigenvalue weighted by Crippen LogP contribution is 2.31. The van der Waals surface area contributed by atoms with Gasteiger partial charge < -0.3 is 5.32 Å². The van der Waals surface area contributed by atoms with E-state index in [4.69, 9.17) is 0 Å². The van der Waals surface area contributed by atoms with E-state index in [0.29, 0.717) is 4.31 Å². The number of anilines is 1. The first kappa shape index (κ1) is 22.4. The monoisotopic (exact) mass is 470 g/mol. The van der Waals surface area contributed by atoms with Crippen molar-refractivity contribution in [3.8, 4) is 0 Å². The van der Waals surface area contributed by atoms with Crippen LogP contribution in [0.3, 0.4) is 0 Å². The SMILES string of the molecule is O=C(CN1C(C(=O)c2cccc(F)c2)C(=O)c2ccccc2S1(=O)=O)Nc1ccc(F)cc1. The normalized spacial score (nSPS) is 17.3. The molecular weight excluding hydrogens is 454 g/mol. The minimum atomic E-state index is -4.45. The molecule has 1 N–H and O–H groups in total. The third kappa shape index (κ3) is 4.30. The number of fused-ring (bicyclic) bond motifs is 1. The van der Waals surface area contributed by atoms with E-state index in [1.807, 2.05) is 0 Å². The van der Waals surface area contributed by atoms with Crippen molar-refractivity contribution in [1.82, 2.24) is 4.31 Å². The highest BCUT2D eigenvalue weighted by atomic mass is 32.2. The Kier molecular flexibility index (Phi) is 5.88. The van der Waals surface area contributed by atoms with Crippen LogP contribution in [0.2, 0.25) is 0 Å². The van der Waals surface area contributed by atoms with Crippen LogP contribution in [0.25, 0.3) is 0 Å². The molecule has 1 aliphatic rings. The Morgan fingerprint density at radius 1 is 0.909 bits per heavy atom. The van der Waals surface area contributed by atoms with Gasteiger partial charge in [0.15, 0.2) is 17.6 Å². The maximum atomic E-state index is 13.7. The van der Waals surface area contributed by atoms with Crippen molar-refractivity contribution in [1.29, 1.82) is 0 Å². The molecule has 4 rings (SSSR count). The first-order valence-corrected chi connectivity index (χ1v) is 11.1. The van der Waals surface area contributed by atoms with Gasteiger partial charge in [-0.2, -0.15) is 4.31 Å². The molecule has 3 aromatic carbocycles. The predicted molar refractivity (Wildman–Crippen MR) is 114 cm³/mol. The largest absolute Gasteiger partial charge is 0.325 e. The molecule has 1 atom stereocenters. The summed E-state index contributed by atoms with van der Waals surface area (Å²) in [6.45, 7) is -0.870. The molecule has 1 amide bonds. The first-order valence-electron chi connectivity index (χ1n) is 9.69. The summed E-state index contributed by atoms with van der Waals surface area (Å²) in [5, 5.41) is 2.41. The predicted octanol–water partition coefficient (Wildman–Crippen LogP) is 3.04. The van der Waals surface area contributed by atoms with Crippen LogP contribution in [0.1, 0.15) is 20.7 Å². The van der Waals surface area contributed by atoms with Crippen LogP contribution in [0.15, 0.2) is 77.7 Å². The average molecular weight is 470 g/mol. The van der Waals surface area contributed by atoms with E-state index in [9.17, 15) is 31.6 Å². The summed E-state index contributed by atoms with van der Waals surface area (Å²) < 4.78 is 53.9. The number of benzene rings is 3. The molecule has 33 heavy (non-hydrogen) atoms. The van der Waals surface area contributed by atoms with Crippen LogP contribution in [0, 0.1) is 11.6 Å². The molecule has 0 radical (unpaired) electrons. The number of hydrogen-bond donors (Lipinski definition) is 1. The van der Waals surface area contributed by atoms with Crippen LogP contribution in [-0.2, 0) is 14.8 Å². The number of halogens is 2. The Labute approximate surface area is 187 Å². The molecule has 1 unspecified atom stereocenters. The van der Waals surface area contributed by atoms with E-state index in [1.165, 1.54) is 48.5 Å². The highest BCUT2D eigenvalue weighted by Gasteiger charge is 2.48. The zero-order chi connectivity index (χ0) is 23.8. The molecular formula is C23H16F2N2O5S. The van der Waals surface area contributed by atoms with E-state index < -0.39 is 51.7 Å². The Morgan fingerprint density at radius 2 is 1.61 bits per heavy atom. The van der Waals surface area contributed by atoms with E-state index in [1.54, 1.807) is 0 Å². The molecule has 0 saturated carbocycles. The summed E-state index contributed by atoms with van der Waals surface area (Å²) in [5.41, 5.74) is -0.218. The number of nitrogens with one attached hydrogen (secondary N) is 1. The third-order valence-electron chi connectivity index (χ3n) is 5.06. The number of hydrogen-bond acceptors (Lipinski definition) is 5. The number of carbonyl (C=O) groups is 3. The summed E-state index contributed by atoms with van der Waals surface area (Å²) >= 11 is 0. The number of amides is 1. The lowest BCUT2D eigenvalue weighted by atomic mass is 9.95. The Morgan fingerprint density at radius 3 is 2.30 bits per heavy atom. The van der Waals surface area contributed by atoms with Gasteiger partial charge in [0.1, 0.15) is 11.6 Å².